The van der Waals surface area contributed by atoms with Crippen LogP contribution in [0.25, 0.3) is 55.0 Å². The predicted octanol–water partition coefficient (Wildman–Crippen LogP) is 15.5. The summed E-state index contributed by atoms with van der Waals surface area (Å²) in [5, 5.41) is 3.70. The Morgan fingerprint density at radius 3 is 0.965 bits per heavy atom. The van der Waals surface area contributed by atoms with Crippen molar-refractivity contribution in [2.75, 3.05) is 14.2 Å². The van der Waals surface area contributed by atoms with E-state index >= 15 is 0 Å². The number of fused-ring (bicyclic) bond motifs is 6. The van der Waals surface area contributed by atoms with E-state index in [1.165, 1.54) is 0 Å². The molecule has 0 unspecified atom stereocenters. The molecule has 10 heteroatoms. The van der Waals surface area contributed by atoms with Gasteiger partial charge >= 0.3 is 16.5 Å². The highest BCUT2D eigenvalue weighted by Gasteiger charge is 2.31. The first-order chi connectivity index (χ1) is 26.9. The van der Waals surface area contributed by atoms with Gasteiger partial charge in [-0.15, -0.1) is 0 Å². The van der Waals surface area contributed by atoms with Gasteiger partial charge < -0.3 is 35.3 Å². The van der Waals surface area contributed by atoms with Crippen LogP contribution in [0.2, 0.25) is 0 Å². The van der Waals surface area contributed by atoms with Crippen LogP contribution in [0.5, 0.6) is 23.0 Å². The lowest BCUT2D eigenvalue weighted by atomic mass is 9.81. The zero-order chi connectivity index (χ0) is 39.2. The fraction of sp³-hybridized carbons (Fsp3) is 0.234. The van der Waals surface area contributed by atoms with Crippen LogP contribution in [0.4, 0.5) is 0 Å². The van der Waals surface area contributed by atoms with E-state index in [1.807, 2.05) is 121 Å². The molecule has 0 fully saturated rings. The van der Waals surface area contributed by atoms with Gasteiger partial charge in [0.15, 0.2) is 0 Å². The molecule has 8 aromatic rings. The number of para-hydroxylation sites is 4. The smallest absolute Gasteiger partial charge is 0.453 e. The van der Waals surface area contributed by atoms with Gasteiger partial charge in [-0.1, -0.05) is 122 Å². The van der Waals surface area contributed by atoms with E-state index in [0.717, 1.165) is 32.7 Å². The Morgan fingerprint density at radius 2 is 0.702 bits per heavy atom. The Hall–Kier alpha value is -5.68. The quantitative estimate of drug-likeness (QED) is 0.157. The van der Waals surface area contributed by atoms with Crippen molar-refractivity contribution in [3.63, 3.8) is 0 Å². The number of hydrogen-bond acceptors (Lipinski definition) is 8. The number of rotatable bonds is 7. The highest BCUT2D eigenvalue weighted by molar-refractivity contribution is 7.32. The van der Waals surface area contributed by atoms with Crippen LogP contribution in [0.15, 0.2) is 138 Å². The average Bonchev–Trinajstić information content (AvgIpc) is 3.44. The summed E-state index contributed by atoms with van der Waals surface area (Å²) in [6, 6.07) is 39.6. The Bertz CT molecular complexity index is 2510. The minimum absolute atomic E-state index is 0. The molecule has 0 amide bonds. The summed E-state index contributed by atoms with van der Waals surface area (Å²) in [6.45, 7) is 12.8. The van der Waals surface area contributed by atoms with Crippen molar-refractivity contribution in [2.45, 2.75) is 59.8 Å². The van der Waals surface area contributed by atoms with E-state index in [9.17, 15) is 0 Å². The van der Waals surface area contributed by atoms with Gasteiger partial charge in [0.25, 0.3) is 0 Å². The highest BCUT2D eigenvalue weighted by atomic mass is 31.1. The molecule has 0 radical (unpaired) electrons. The summed E-state index contributed by atoms with van der Waals surface area (Å²) in [7, 11) is -0.712. The summed E-state index contributed by atoms with van der Waals surface area (Å²) >= 11 is 0. The summed E-state index contributed by atoms with van der Waals surface area (Å²) in [4.78, 5) is 0. The normalized spacial score (nSPS) is 11.7. The van der Waals surface area contributed by atoms with Crippen molar-refractivity contribution in [1.82, 2.24) is 0 Å². The molecule has 0 atom stereocenters. The van der Waals surface area contributed by atoms with E-state index in [1.54, 1.807) is 14.2 Å². The Balaban J connectivity index is 0.00000496. The van der Waals surface area contributed by atoms with Crippen LogP contribution in [-0.2, 0) is 10.8 Å². The molecule has 8 rings (SSSR count). The second-order valence-corrected chi connectivity index (χ2v) is 17.6. The maximum Gasteiger partial charge on any atom is 0.453 e. The zero-order valence-corrected chi connectivity index (χ0v) is 34.5. The predicted molar refractivity (Wildman–Crippen MR) is 234 cm³/mol. The lowest BCUT2D eigenvalue weighted by Gasteiger charge is -2.28. The highest BCUT2D eigenvalue weighted by Crippen LogP contribution is 2.53. The molecule has 2 aromatic heterocycles. The molecule has 57 heavy (non-hydrogen) atoms. The maximum atomic E-state index is 7.06. The molecule has 0 aliphatic carbocycles. The molecule has 6 aromatic carbocycles. The summed E-state index contributed by atoms with van der Waals surface area (Å²) in [5.41, 5.74) is 5.01. The van der Waals surface area contributed by atoms with Crippen LogP contribution >= 0.6 is 16.5 Å². The first-order valence-corrected chi connectivity index (χ1v) is 20.6. The van der Waals surface area contributed by atoms with E-state index in [2.05, 4.69) is 41.5 Å². The van der Waals surface area contributed by atoms with Crippen LogP contribution in [-0.4, -0.2) is 14.2 Å². The van der Waals surface area contributed by atoms with Gasteiger partial charge in [0.05, 0.1) is 14.2 Å². The SMILES string of the molecule is C.COc1cc(-c2cc(OC)cc(C(C)(C)C)c2Op2oc3ccccc3c3ccccc3o2)c(Op2oc3ccccc3c3ccccc3o2)c(C(C)(C)C)c1. The van der Waals surface area contributed by atoms with Gasteiger partial charge in [0.1, 0.15) is 45.3 Å². The molecule has 0 spiro atoms. The molecule has 0 aliphatic heterocycles. The minimum atomic E-state index is -2.02. The zero-order valence-electron chi connectivity index (χ0n) is 32.7. The van der Waals surface area contributed by atoms with Crippen molar-refractivity contribution < 1.29 is 35.3 Å². The number of ether oxygens (including phenoxy) is 2. The van der Waals surface area contributed by atoms with E-state index in [4.69, 9.17) is 35.3 Å². The minimum Gasteiger partial charge on any atom is -0.497 e. The average molecular weight is 803 g/mol. The van der Waals surface area contributed by atoms with Gasteiger partial charge in [-0.25, -0.2) is 0 Å². The molecule has 2 heterocycles. The number of hydrogen-bond donors (Lipinski definition) is 0. The van der Waals surface area contributed by atoms with Gasteiger partial charge in [-0.3, -0.25) is 0 Å². The maximum absolute atomic E-state index is 7.06. The van der Waals surface area contributed by atoms with Crippen molar-refractivity contribution in [2.24, 2.45) is 0 Å². The van der Waals surface area contributed by atoms with E-state index < -0.39 is 27.3 Å². The standard InChI is InChI=1S/C46H44O8P2.CH4/c1-45(2,3)37-27-29(47-7)25-35(43(37)53-55-49-39-21-13-9-17-31(39)32-18-10-14-22-40(32)50-55)36-26-30(48-8)28-38(46(4,5)6)44(36)54-56-51-41-23-15-11-19-33(41)34-20-12-16-24-42(34)52-56;/h9-28H,1-8H3;1H4. The molecule has 0 N–H and O–H groups in total. The first kappa shape index (κ1) is 39.6. The third-order valence-corrected chi connectivity index (χ3v) is 11.7. The Kier molecular flexibility index (Phi) is 10.9. The van der Waals surface area contributed by atoms with Crippen LogP contribution in [0, 0.1) is 0 Å². The molecule has 0 saturated heterocycles. The fourth-order valence-electron chi connectivity index (χ4n) is 6.81. The second kappa shape index (κ2) is 15.7. The van der Waals surface area contributed by atoms with Crippen LogP contribution < -0.4 is 18.5 Å². The molecule has 0 aliphatic rings. The number of benzene rings is 6. The number of methoxy groups -OCH3 is 2. The summed E-state index contributed by atoms with van der Waals surface area (Å²) in [5.74, 6) is 2.41. The lowest BCUT2D eigenvalue weighted by molar-refractivity contribution is 0.409. The third-order valence-electron chi connectivity index (χ3n) is 9.65. The van der Waals surface area contributed by atoms with Crippen LogP contribution in [0.1, 0.15) is 60.1 Å². The largest absolute Gasteiger partial charge is 0.497 e. The summed E-state index contributed by atoms with van der Waals surface area (Å²) < 4.78 is 52.5. The van der Waals surface area contributed by atoms with Gasteiger partial charge in [0.2, 0.25) is 0 Å². The fourth-order valence-corrected chi connectivity index (χ4v) is 9.00. The van der Waals surface area contributed by atoms with Gasteiger partial charge in [0, 0.05) is 43.8 Å². The van der Waals surface area contributed by atoms with Crippen LogP contribution in [0.3, 0.4) is 0 Å². The topological polar surface area (TPSA) is 89.5 Å². The summed E-state index contributed by atoms with van der Waals surface area (Å²) in [6.07, 6.45) is 0. The Labute approximate surface area is 335 Å². The van der Waals surface area contributed by atoms with Gasteiger partial charge in [-0.05, 0) is 59.4 Å². The monoisotopic (exact) mass is 802 g/mol. The van der Waals surface area contributed by atoms with Crippen molar-refractivity contribution in [1.29, 1.82) is 0 Å². The molecule has 0 saturated carbocycles. The van der Waals surface area contributed by atoms with E-state index in [-0.39, 0.29) is 7.43 Å². The molecule has 0 bridgehead atoms. The van der Waals surface area contributed by atoms with E-state index in [0.29, 0.717) is 56.5 Å². The van der Waals surface area contributed by atoms with Gasteiger partial charge in [-0.2, -0.15) is 0 Å². The molecular weight excluding hydrogens is 754 g/mol. The third kappa shape index (κ3) is 7.85. The van der Waals surface area contributed by atoms with Crippen molar-refractivity contribution >= 4 is 60.4 Å². The first-order valence-electron chi connectivity index (χ1n) is 18.4. The molecular formula is C47H48O8P2. The molecule has 294 valence electrons. The second-order valence-electron chi connectivity index (χ2n) is 15.6. The van der Waals surface area contributed by atoms with Crippen molar-refractivity contribution in [3.05, 3.63) is 132 Å². The molecule has 8 nitrogen and oxygen atoms in total. The Morgan fingerprint density at radius 1 is 0.421 bits per heavy atom. The van der Waals surface area contributed by atoms with Crippen molar-refractivity contribution in [3.8, 4) is 34.1 Å². The lowest BCUT2D eigenvalue weighted by Crippen LogP contribution is -2.15.